The Bertz CT molecular complexity index is 1280. The van der Waals surface area contributed by atoms with Crippen molar-refractivity contribution in [2.75, 3.05) is 25.0 Å². The quantitative estimate of drug-likeness (QED) is 0.375. The molecule has 2 aromatic heterocycles. The highest BCUT2D eigenvalue weighted by atomic mass is 16.5. The predicted octanol–water partition coefficient (Wildman–Crippen LogP) is 3.46. The molecule has 0 bridgehead atoms. The molecule has 2 fully saturated rings. The van der Waals surface area contributed by atoms with Gasteiger partial charge in [0.15, 0.2) is 12.2 Å². The number of benzene rings is 1. The van der Waals surface area contributed by atoms with Crippen molar-refractivity contribution >= 4 is 11.7 Å². The third-order valence-corrected chi connectivity index (χ3v) is 8.23. The van der Waals surface area contributed by atoms with Crippen LogP contribution < -0.4 is 15.4 Å². The van der Waals surface area contributed by atoms with Crippen LogP contribution in [0, 0.1) is 12.3 Å². The fourth-order valence-electron chi connectivity index (χ4n) is 5.86. The summed E-state index contributed by atoms with van der Waals surface area (Å²) in [5.41, 5.74) is 4.86. The Labute approximate surface area is 222 Å². The standard InChI is InChI=1S/C29H35N5O4/c1-19-25-5-9-34(15-21(25)2-3-26(19)37-17-24-14-30-18-38-24)16-23(35)13-32-28(36)20-4-8-31-27(10-20)33-22-11-29(12-22)6-7-29/h2-4,8,10,14,18,22-23,35H,5-7,9,11-13,15-17H2,1H3,(H,31,33)(H,32,36). The highest BCUT2D eigenvalue weighted by Gasteiger charge is 2.52. The minimum atomic E-state index is -0.657. The summed E-state index contributed by atoms with van der Waals surface area (Å²) < 4.78 is 11.2. The number of hydrogen-bond donors (Lipinski definition) is 3. The number of carbonyl (C=O) groups is 1. The zero-order valence-electron chi connectivity index (χ0n) is 21.8. The molecule has 2 aliphatic carbocycles. The largest absolute Gasteiger partial charge is 0.485 e. The maximum Gasteiger partial charge on any atom is 0.251 e. The molecular formula is C29H35N5O4. The number of amides is 1. The molecule has 1 aliphatic heterocycles. The second-order valence-electron chi connectivity index (χ2n) is 11.1. The second kappa shape index (κ2) is 10.4. The van der Waals surface area contributed by atoms with E-state index in [0.29, 0.717) is 35.9 Å². The molecule has 38 heavy (non-hydrogen) atoms. The van der Waals surface area contributed by atoms with E-state index >= 15 is 0 Å². The fraction of sp³-hybridized carbons (Fsp3) is 0.483. The highest BCUT2D eigenvalue weighted by molar-refractivity contribution is 5.94. The number of aromatic nitrogens is 2. The van der Waals surface area contributed by atoms with E-state index in [1.54, 1.807) is 24.5 Å². The number of β-amino-alcohol motifs (C(OH)–C–C–N with tert-alkyl or cyclic N) is 1. The summed E-state index contributed by atoms with van der Waals surface area (Å²) in [6.45, 7) is 4.73. The van der Waals surface area contributed by atoms with Crippen LogP contribution in [0.3, 0.4) is 0 Å². The van der Waals surface area contributed by atoms with Crippen molar-refractivity contribution in [3.63, 3.8) is 0 Å². The third-order valence-electron chi connectivity index (χ3n) is 8.23. The molecule has 1 atom stereocenters. The van der Waals surface area contributed by atoms with Crippen molar-refractivity contribution in [1.82, 2.24) is 20.2 Å². The van der Waals surface area contributed by atoms with Crippen molar-refractivity contribution in [3.8, 4) is 5.75 Å². The van der Waals surface area contributed by atoms with Crippen LogP contribution in [0.25, 0.3) is 0 Å². The van der Waals surface area contributed by atoms with E-state index in [1.807, 2.05) is 6.07 Å². The summed E-state index contributed by atoms with van der Waals surface area (Å²) in [5, 5.41) is 17.0. The number of aliphatic hydroxyl groups is 1. The van der Waals surface area contributed by atoms with E-state index in [1.165, 1.54) is 43.2 Å². The molecule has 200 valence electrons. The van der Waals surface area contributed by atoms with Crippen LogP contribution in [0.4, 0.5) is 5.82 Å². The Balaban J connectivity index is 0.968. The number of nitrogens with one attached hydrogen (secondary N) is 2. The first-order valence-corrected chi connectivity index (χ1v) is 13.5. The van der Waals surface area contributed by atoms with Gasteiger partial charge in [-0.05, 0) is 79.3 Å². The summed E-state index contributed by atoms with van der Waals surface area (Å²) in [7, 11) is 0. The van der Waals surface area contributed by atoms with Crippen LogP contribution in [0.1, 0.15) is 58.5 Å². The van der Waals surface area contributed by atoms with E-state index in [9.17, 15) is 9.90 Å². The third kappa shape index (κ3) is 5.54. The smallest absolute Gasteiger partial charge is 0.251 e. The molecule has 1 aromatic carbocycles. The van der Waals surface area contributed by atoms with Gasteiger partial charge in [0.1, 0.15) is 18.2 Å². The number of nitrogens with zero attached hydrogens (tertiary/aromatic N) is 3. The van der Waals surface area contributed by atoms with Gasteiger partial charge in [-0.15, -0.1) is 0 Å². The van der Waals surface area contributed by atoms with Crippen LogP contribution >= 0.6 is 0 Å². The van der Waals surface area contributed by atoms with Gasteiger partial charge in [0.25, 0.3) is 5.91 Å². The van der Waals surface area contributed by atoms with Crippen molar-refractivity contribution < 1.29 is 19.1 Å². The van der Waals surface area contributed by atoms with E-state index < -0.39 is 6.10 Å². The molecule has 9 nitrogen and oxygen atoms in total. The van der Waals surface area contributed by atoms with E-state index in [2.05, 4.69) is 38.5 Å². The molecule has 3 aliphatic rings. The summed E-state index contributed by atoms with van der Waals surface area (Å²) in [6, 6.07) is 8.07. The summed E-state index contributed by atoms with van der Waals surface area (Å²) >= 11 is 0. The lowest BCUT2D eigenvalue weighted by Gasteiger charge is -2.36. The maximum atomic E-state index is 12.7. The van der Waals surface area contributed by atoms with Gasteiger partial charge in [-0.1, -0.05) is 6.07 Å². The van der Waals surface area contributed by atoms with Crippen LogP contribution in [-0.2, 0) is 19.6 Å². The van der Waals surface area contributed by atoms with E-state index in [4.69, 9.17) is 9.15 Å². The Morgan fingerprint density at radius 2 is 2.18 bits per heavy atom. The summed E-state index contributed by atoms with van der Waals surface area (Å²) in [4.78, 5) is 23.2. The first-order chi connectivity index (χ1) is 18.5. The number of pyridine rings is 1. The Morgan fingerprint density at radius 1 is 1.32 bits per heavy atom. The average Bonchev–Trinajstić information content (AvgIpc) is 3.52. The number of oxazole rings is 1. The SMILES string of the molecule is Cc1c(OCc2cnco2)ccc2c1CCN(CC(O)CNC(=O)c1ccnc(NC3CC4(CC4)C3)c1)C2. The number of hydrogen-bond acceptors (Lipinski definition) is 8. The zero-order valence-corrected chi connectivity index (χ0v) is 21.8. The van der Waals surface area contributed by atoms with E-state index in [-0.39, 0.29) is 12.5 Å². The summed E-state index contributed by atoms with van der Waals surface area (Å²) in [5.74, 6) is 2.09. The lowest BCUT2D eigenvalue weighted by molar-refractivity contribution is 0.0841. The number of fused-ring (bicyclic) bond motifs is 1. The highest BCUT2D eigenvalue weighted by Crippen LogP contribution is 2.61. The van der Waals surface area contributed by atoms with Gasteiger partial charge in [0, 0.05) is 44.0 Å². The molecule has 0 saturated heterocycles. The number of ether oxygens (including phenoxy) is 1. The molecule has 2 saturated carbocycles. The van der Waals surface area contributed by atoms with Gasteiger partial charge in [0.2, 0.25) is 0 Å². The molecule has 3 aromatic rings. The van der Waals surface area contributed by atoms with Crippen molar-refractivity contribution in [2.24, 2.45) is 5.41 Å². The van der Waals surface area contributed by atoms with Gasteiger partial charge in [-0.3, -0.25) is 9.69 Å². The Morgan fingerprint density at radius 3 is 2.97 bits per heavy atom. The lowest BCUT2D eigenvalue weighted by Crippen LogP contribution is -2.42. The Hall–Kier alpha value is -3.43. The molecule has 0 radical (unpaired) electrons. The number of rotatable bonds is 10. The zero-order chi connectivity index (χ0) is 26.1. The number of carbonyl (C=O) groups excluding carboxylic acids is 1. The van der Waals surface area contributed by atoms with E-state index in [0.717, 1.165) is 36.6 Å². The molecule has 3 N–H and O–H groups in total. The van der Waals surface area contributed by atoms with Crippen LogP contribution in [0.5, 0.6) is 5.75 Å². The molecule has 1 spiro atoms. The molecule has 3 heterocycles. The van der Waals surface area contributed by atoms with Gasteiger partial charge < -0.3 is 24.9 Å². The molecule has 1 amide bonds. The fourth-order valence-corrected chi connectivity index (χ4v) is 5.86. The predicted molar refractivity (Wildman–Crippen MR) is 142 cm³/mol. The van der Waals surface area contributed by atoms with Gasteiger partial charge in [-0.25, -0.2) is 9.97 Å². The maximum absolute atomic E-state index is 12.7. The first-order valence-electron chi connectivity index (χ1n) is 13.5. The number of anilines is 1. The molecule has 6 rings (SSSR count). The van der Waals surface area contributed by atoms with Crippen molar-refractivity contribution in [3.05, 3.63) is 71.1 Å². The second-order valence-corrected chi connectivity index (χ2v) is 11.1. The van der Waals surface area contributed by atoms with Crippen molar-refractivity contribution in [2.45, 2.75) is 64.3 Å². The monoisotopic (exact) mass is 517 g/mol. The Kier molecular flexibility index (Phi) is 6.80. The molecule has 1 unspecified atom stereocenters. The summed E-state index contributed by atoms with van der Waals surface area (Å²) in [6.07, 6.45) is 10.1. The van der Waals surface area contributed by atoms with Gasteiger partial charge in [0.05, 0.1) is 12.3 Å². The average molecular weight is 518 g/mol. The normalized spacial score (nSPS) is 18.9. The minimum Gasteiger partial charge on any atom is -0.485 e. The molecule has 9 heteroatoms. The van der Waals surface area contributed by atoms with Crippen molar-refractivity contribution in [1.29, 1.82) is 0 Å². The topological polar surface area (TPSA) is 113 Å². The first kappa shape index (κ1) is 24.9. The molecular weight excluding hydrogens is 482 g/mol. The lowest BCUT2D eigenvalue weighted by atomic mass is 9.77. The minimum absolute atomic E-state index is 0.195. The van der Waals surface area contributed by atoms with Gasteiger partial charge in [-0.2, -0.15) is 0 Å². The van der Waals surface area contributed by atoms with Crippen LogP contribution in [-0.4, -0.2) is 57.7 Å². The van der Waals surface area contributed by atoms with Crippen LogP contribution in [0.2, 0.25) is 0 Å². The number of aliphatic hydroxyl groups excluding tert-OH is 1. The van der Waals surface area contributed by atoms with Crippen LogP contribution in [0.15, 0.2) is 47.5 Å². The van der Waals surface area contributed by atoms with Gasteiger partial charge >= 0.3 is 0 Å².